The summed E-state index contributed by atoms with van der Waals surface area (Å²) in [6.45, 7) is 0. The highest BCUT2D eigenvalue weighted by atomic mass is 16.3. The molecular weight excluding hydrogens is 572 g/mol. The highest BCUT2D eigenvalue weighted by Gasteiger charge is 2.53. The van der Waals surface area contributed by atoms with Gasteiger partial charge in [0, 0.05) is 22.0 Å². The van der Waals surface area contributed by atoms with E-state index in [-0.39, 0.29) is 0 Å². The molecule has 47 heavy (non-hydrogen) atoms. The summed E-state index contributed by atoms with van der Waals surface area (Å²) in [5.74, 6) is 0.944. The molecule has 11 rings (SSSR count). The molecule has 7 aromatic carbocycles. The highest BCUT2D eigenvalue weighted by molar-refractivity contribution is 6.13. The van der Waals surface area contributed by atoms with Gasteiger partial charge in [-0.3, -0.25) is 4.57 Å². The van der Waals surface area contributed by atoms with Gasteiger partial charge in [-0.25, -0.2) is 4.98 Å². The maximum atomic E-state index is 6.53. The number of imidazole rings is 1. The molecule has 0 amide bonds. The molecule has 9 aromatic rings. The van der Waals surface area contributed by atoms with Gasteiger partial charge in [-0.05, 0) is 80.9 Å². The second-order valence-electron chi connectivity index (χ2n) is 12.6. The zero-order valence-corrected chi connectivity index (χ0v) is 25.3. The molecular formula is C44H26N2O. The Hall–Kier alpha value is -6.19. The number of nitrogens with zero attached hydrogens (tertiary/aromatic N) is 2. The summed E-state index contributed by atoms with van der Waals surface area (Å²) in [5.41, 5.74) is 15.8. The van der Waals surface area contributed by atoms with Crippen molar-refractivity contribution < 1.29 is 4.42 Å². The molecule has 0 N–H and O–H groups in total. The molecule has 2 aliphatic rings. The third kappa shape index (κ3) is 3.04. The molecule has 2 aromatic heterocycles. The van der Waals surface area contributed by atoms with E-state index in [0.29, 0.717) is 0 Å². The summed E-state index contributed by atoms with van der Waals surface area (Å²) in [7, 11) is 0. The Balaban J connectivity index is 1.32. The van der Waals surface area contributed by atoms with Gasteiger partial charge in [-0.1, -0.05) is 121 Å². The summed E-state index contributed by atoms with van der Waals surface area (Å²) in [6, 6.07) is 56.8. The molecule has 3 heteroatoms. The van der Waals surface area contributed by atoms with Gasteiger partial charge >= 0.3 is 0 Å². The van der Waals surface area contributed by atoms with Crippen LogP contribution in [0.25, 0.3) is 72.3 Å². The lowest BCUT2D eigenvalue weighted by Gasteiger charge is -2.31. The van der Waals surface area contributed by atoms with Gasteiger partial charge in [0.05, 0.1) is 16.4 Å². The van der Waals surface area contributed by atoms with E-state index in [1.54, 1.807) is 0 Å². The fourth-order valence-corrected chi connectivity index (χ4v) is 8.73. The second-order valence-corrected chi connectivity index (χ2v) is 12.6. The van der Waals surface area contributed by atoms with Crippen LogP contribution in [0.2, 0.25) is 0 Å². The standard InChI is InChI=1S/C44H26N2O/c1-2-13-27(14-3-1)46-37-23-10-9-22-36(37)45-43(46)32-18-12-21-35-40(32)30-16-5-8-20-34(30)44(35)33-19-7-4-15-28(33)29-25-26-39-41(42(29)44)31-17-6-11-24-38(31)47-39/h1-26H. The Morgan fingerprint density at radius 1 is 0.489 bits per heavy atom. The van der Waals surface area contributed by atoms with Crippen molar-refractivity contribution in [2.45, 2.75) is 5.41 Å². The summed E-state index contributed by atoms with van der Waals surface area (Å²) >= 11 is 0. The third-order valence-electron chi connectivity index (χ3n) is 10.4. The molecule has 1 spiro atoms. The Morgan fingerprint density at radius 2 is 1.17 bits per heavy atom. The second kappa shape index (κ2) is 8.96. The molecule has 3 nitrogen and oxygen atoms in total. The van der Waals surface area contributed by atoms with Gasteiger partial charge < -0.3 is 4.42 Å². The van der Waals surface area contributed by atoms with Crippen molar-refractivity contribution in [1.82, 2.24) is 9.55 Å². The number of hydrogen-bond donors (Lipinski definition) is 0. The van der Waals surface area contributed by atoms with Crippen LogP contribution in [0.5, 0.6) is 0 Å². The minimum absolute atomic E-state index is 0.524. The summed E-state index contributed by atoms with van der Waals surface area (Å²) < 4.78 is 8.85. The van der Waals surface area contributed by atoms with Crippen LogP contribution in [-0.4, -0.2) is 9.55 Å². The fourth-order valence-electron chi connectivity index (χ4n) is 8.73. The quantitative estimate of drug-likeness (QED) is 0.198. The number of rotatable bonds is 2. The average molecular weight is 599 g/mol. The van der Waals surface area contributed by atoms with Crippen LogP contribution < -0.4 is 0 Å². The van der Waals surface area contributed by atoms with Gasteiger partial charge in [-0.2, -0.15) is 0 Å². The minimum atomic E-state index is -0.524. The molecule has 0 saturated heterocycles. The Bertz CT molecular complexity index is 2750. The van der Waals surface area contributed by atoms with Crippen molar-refractivity contribution in [3.8, 4) is 39.3 Å². The van der Waals surface area contributed by atoms with E-state index in [1.807, 2.05) is 0 Å². The molecule has 218 valence electrons. The molecule has 0 fully saturated rings. The SMILES string of the molecule is c1ccc(-n2c(-c3cccc4c3-c3ccccc3C43c4ccccc4-c4ccc5oc6ccccc6c5c43)nc3ccccc32)cc1. The van der Waals surface area contributed by atoms with E-state index < -0.39 is 5.41 Å². The Morgan fingerprint density at radius 3 is 2.06 bits per heavy atom. The molecule has 0 radical (unpaired) electrons. The smallest absolute Gasteiger partial charge is 0.146 e. The van der Waals surface area contributed by atoms with E-state index in [0.717, 1.165) is 44.7 Å². The van der Waals surface area contributed by atoms with Crippen LogP contribution in [-0.2, 0) is 5.41 Å². The molecule has 0 saturated carbocycles. The Kier molecular flexibility index (Phi) is 4.78. The van der Waals surface area contributed by atoms with Gasteiger partial charge in [-0.15, -0.1) is 0 Å². The van der Waals surface area contributed by atoms with Gasteiger partial charge in [0.1, 0.15) is 17.0 Å². The predicted octanol–water partition coefficient (Wildman–Crippen LogP) is 10.9. The normalized spacial score (nSPS) is 15.7. The van der Waals surface area contributed by atoms with Crippen LogP contribution in [0.4, 0.5) is 0 Å². The topological polar surface area (TPSA) is 31.0 Å². The van der Waals surface area contributed by atoms with Crippen LogP contribution >= 0.6 is 0 Å². The van der Waals surface area contributed by atoms with Crippen molar-refractivity contribution in [2.24, 2.45) is 0 Å². The first kappa shape index (κ1) is 25.1. The summed E-state index contributed by atoms with van der Waals surface area (Å²) in [4.78, 5) is 5.34. The third-order valence-corrected chi connectivity index (χ3v) is 10.4. The largest absolute Gasteiger partial charge is 0.456 e. The van der Waals surface area contributed by atoms with Crippen LogP contribution in [0, 0.1) is 0 Å². The van der Waals surface area contributed by atoms with Gasteiger partial charge in [0.15, 0.2) is 0 Å². The number of para-hydroxylation sites is 4. The average Bonchev–Trinajstić information content (AvgIpc) is 3.87. The summed E-state index contributed by atoms with van der Waals surface area (Å²) in [6.07, 6.45) is 0. The molecule has 0 aliphatic heterocycles. The zero-order valence-electron chi connectivity index (χ0n) is 25.3. The first-order valence-electron chi connectivity index (χ1n) is 16.2. The molecule has 1 unspecified atom stereocenters. The monoisotopic (exact) mass is 598 g/mol. The number of aromatic nitrogens is 2. The first-order chi connectivity index (χ1) is 23.3. The number of benzene rings is 7. The minimum Gasteiger partial charge on any atom is -0.456 e. The van der Waals surface area contributed by atoms with Crippen molar-refractivity contribution in [1.29, 1.82) is 0 Å². The van der Waals surface area contributed by atoms with Gasteiger partial charge in [0.2, 0.25) is 0 Å². The van der Waals surface area contributed by atoms with E-state index in [1.165, 1.54) is 49.9 Å². The van der Waals surface area contributed by atoms with E-state index in [2.05, 4.69) is 162 Å². The number of hydrogen-bond acceptors (Lipinski definition) is 2. The summed E-state index contributed by atoms with van der Waals surface area (Å²) in [5, 5.41) is 2.35. The number of fused-ring (bicyclic) bond motifs is 15. The van der Waals surface area contributed by atoms with Crippen molar-refractivity contribution in [2.75, 3.05) is 0 Å². The van der Waals surface area contributed by atoms with Crippen molar-refractivity contribution >= 4 is 33.0 Å². The maximum Gasteiger partial charge on any atom is 0.146 e. The predicted molar refractivity (Wildman–Crippen MR) is 190 cm³/mol. The van der Waals surface area contributed by atoms with Crippen molar-refractivity contribution in [3.63, 3.8) is 0 Å². The van der Waals surface area contributed by atoms with Crippen molar-refractivity contribution in [3.05, 3.63) is 180 Å². The fraction of sp³-hybridized carbons (Fsp3) is 0.0227. The lowest BCUT2D eigenvalue weighted by Crippen LogP contribution is -2.26. The van der Waals surface area contributed by atoms with Crippen LogP contribution in [0.1, 0.15) is 22.3 Å². The maximum absolute atomic E-state index is 6.53. The molecule has 1 atom stereocenters. The van der Waals surface area contributed by atoms with Gasteiger partial charge in [0.25, 0.3) is 0 Å². The zero-order chi connectivity index (χ0) is 30.7. The number of furan rings is 1. The lowest BCUT2D eigenvalue weighted by atomic mass is 9.69. The molecule has 0 bridgehead atoms. The Labute approximate surface area is 271 Å². The van der Waals surface area contributed by atoms with E-state index >= 15 is 0 Å². The lowest BCUT2D eigenvalue weighted by molar-refractivity contribution is 0.668. The molecule has 2 aliphatic carbocycles. The highest BCUT2D eigenvalue weighted by Crippen LogP contribution is 2.65. The van der Waals surface area contributed by atoms with E-state index in [4.69, 9.17) is 9.40 Å². The van der Waals surface area contributed by atoms with Crippen LogP contribution in [0.3, 0.4) is 0 Å². The van der Waals surface area contributed by atoms with E-state index in [9.17, 15) is 0 Å². The molecule has 2 heterocycles. The van der Waals surface area contributed by atoms with Crippen LogP contribution in [0.15, 0.2) is 162 Å². The first-order valence-corrected chi connectivity index (χ1v) is 16.2.